The van der Waals surface area contributed by atoms with Gasteiger partial charge >= 0.3 is 5.97 Å². The molecule has 0 aromatic carbocycles. The van der Waals surface area contributed by atoms with Gasteiger partial charge in [-0.15, -0.1) is 0 Å². The Balaban J connectivity index is 2.06. The summed E-state index contributed by atoms with van der Waals surface area (Å²) in [6, 6.07) is 5.14. The van der Waals surface area contributed by atoms with Gasteiger partial charge in [-0.25, -0.2) is 9.78 Å². The standard InChI is InChI=1S/C15H20N4O2/c1-10(2)13-8-11(15(20)21)9-14(17-13)16-6-4-12-5-7-19(3)18-12/h5,7-10H,4,6H2,1-3H3,(H,16,17)(H,20,21). The summed E-state index contributed by atoms with van der Waals surface area (Å²) < 4.78 is 1.76. The molecule has 0 radical (unpaired) electrons. The maximum Gasteiger partial charge on any atom is 0.335 e. The van der Waals surface area contributed by atoms with Crippen LogP contribution in [0, 0.1) is 0 Å². The molecule has 112 valence electrons. The Bertz CT molecular complexity index is 634. The first kappa shape index (κ1) is 15.0. The van der Waals surface area contributed by atoms with Crippen LogP contribution >= 0.6 is 0 Å². The van der Waals surface area contributed by atoms with Crippen LogP contribution in [0.25, 0.3) is 0 Å². The van der Waals surface area contributed by atoms with Gasteiger partial charge in [0.25, 0.3) is 0 Å². The molecule has 2 rings (SSSR count). The van der Waals surface area contributed by atoms with Crippen molar-refractivity contribution in [3.05, 3.63) is 41.3 Å². The lowest BCUT2D eigenvalue weighted by Crippen LogP contribution is -2.10. The number of aromatic nitrogens is 3. The van der Waals surface area contributed by atoms with E-state index in [1.807, 2.05) is 33.2 Å². The number of hydrogen-bond donors (Lipinski definition) is 2. The summed E-state index contributed by atoms with van der Waals surface area (Å²) in [5.41, 5.74) is 2.02. The third-order valence-electron chi connectivity index (χ3n) is 3.14. The van der Waals surface area contributed by atoms with Crippen molar-refractivity contribution in [2.45, 2.75) is 26.2 Å². The molecule has 0 aliphatic heterocycles. The minimum absolute atomic E-state index is 0.181. The molecule has 2 aromatic rings. The fraction of sp³-hybridized carbons (Fsp3) is 0.400. The van der Waals surface area contributed by atoms with E-state index in [-0.39, 0.29) is 11.5 Å². The molecule has 0 aliphatic carbocycles. The Morgan fingerprint density at radius 2 is 2.19 bits per heavy atom. The minimum atomic E-state index is -0.938. The van der Waals surface area contributed by atoms with Gasteiger partial charge < -0.3 is 10.4 Å². The predicted molar refractivity (Wildman–Crippen MR) is 80.7 cm³/mol. The fourth-order valence-electron chi connectivity index (χ4n) is 1.98. The molecular weight excluding hydrogens is 268 g/mol. The average molecular weight is 288 g/mol. The van der Waals surface area contributed by atoms with Crippen molar-refractivity contribution in [3.63, 3.8) is 0 Å². The summed E-state index contributed by atoms with van der Waals surface area (Å²) in [5, 5.41) is 16.6. The van der Waals surface area contributed by atoms with Crippen LogP contribution in [-0.2, 0) is 13.5 Å². The van der Waals surface area contributed by atoms with E-state index >= 15 is 0 Å². The van der Waals surface area contributed by atoms with Gasteiger partial charge in [0.2, 0.25) is 0 Å². The molecule has 21 heavy (non-hydrogen) atoms. The van der Waals surface area contributed by atoms with Crippen LogP contribution in [0.15, 0.2) is 24.4 Å². The molecule has 0 fully saturated rings. The zero-order chi connectivity index (χ0) is 15.4. The molecule has 6 heteroatoms. The van der Waals surface area contributed by atoms with Gasteiger partial charge in [-0.05, 0) is 24.1 Å². The maximum absolute atomic E-state index is 11.2. The van der Waals surface area contributed by atoms with Crippen molar-refractivity contribution in [1.29, 1.82) is 0 Å². The van der Waals surface area contributed by atoms with Crippen LogP contribution in [0.1, 0.15) is 41.5 Å². The van der Waals surface area contributed by atoms with Crippen molar-refractivity contribution in [2.75, 3.05) is 11.9 Å². The monoisotopic (exact) mass is 288 g/mol. The number of pyridine rings is 1. The molecule has 0 amide bonds. The number of carboxylic acids is 1. The summed E-state index contributed by atoms with van der Waals surface area (Å²) in [6.07, 6.45) is 2.66. The van der Waals surface area contributed by atoms with Crippen LogP contribution in [0.4, 0.5) is 5.82 Å². The smallest absolute Gasteiger partial charge is 0.335 e. The second-order valence-corrected chi connectivity index (χ2v) is 5.28. The Kier molecular flexibility index (Phi) is 4.57. The van der Waals surface area contributed by atoms with Gasteiger partial charge in [0.1, 0.15) is 5.82 Å². The highest BCUT2D eigenvalue weighted by atomic mass is 16.4. The van der Waals surface area contributed by atoms with Crippen molar-refractivity contribution < 1.29 is 9.90 Å². The van der Waals surface area contributed by atoms with Crippen molar-refractivity contribution in [2.24, 2.45) is 7.05 Å². The molecule has 0 aliphatic rings. The lowest BCUT2D eigenvalue weighted by molar-refractivity contribution is 0.0696. The first-order valence-electron chi connectivity index (χ1n) is 6.93. The second-order valence-electron chi connectivity index (χ2n) is 5.28. The third kappa shape index (κ3) is 4.05. The van der Waals surface area contributed by atoms with Crippen molar-refractivity contribution >= 4 is 11.8 Å². The van der Waals surface area contributed by atoms with Crippen LogP contribution in [0.2, 0.25) is 0 Å². The molecule has 6 nitrogen and oxygen atoms in total. The summed E-state index contributed by atoms with van der Waals surface area (Å²) in [6.45, 7) is 4.64. The average Bonchev–Trinajstić information content (AvgIpc) is 2.84. The van der Waals surface area contributed by atoms with E-state index in [1.165, 1.54) is 0 Å². The number of hydrogen-bond acceptors (Lipinski definition) is 4. The van der Waals surface area contributed by atoms with E-state index in [4.69, 9.17) is 5.11 Å². The van der Waals surface area contributed by atoms with Crippen LogP contribution in [-0.4, -0.2) is 32.4 Å². The molecule has 0 unspecified atom stereocenters. The maximum atomic E-state index is 11.2. The number of nitrogens with zero attached hydrogens (tertiary/aromatic N) is 3. The lowest BCUT2D eigenvalue weighted by Gasteiger charge is -2.10. The number of carbonyl (C=O) groups is 1. The van der Waals surface area contributed by atoms with E-state index in [0.29, 0.717) is 12.4 Å². The van der Waals surface area contributed by atoms with E-state index in [9.17, 15) is 4.79 Å². The number of carboxylic acid groups (broad SMARTS) is 1. The van der Waals surface area contributed by atoms with Crippen LogP contribution in [0.3, 0.4) is 0 Å². The topological polar surface area (TPSA) is 80.0 Å². The zero-order valence-electron chi connectivity index (χ0n) is 12.5. The van der Waals surface area contributed by atoms with Gasteiger partial charge in [0.15, 0.2) is 0 Å². The van der Waals surface area contributed by atoms with Crippen molar-refractivity contribution in [1.82, 2.24) is 14.8 Å². The predicted octanol–water partition coefficient (Wildman–Crippen LogP) is 2.29. The first-order chi connectivity index (χ1) is 9.95. The number of rotatable bonds is 6. The van der Waals surface area contributed by atoms with Gasteiger partial charge in [-0.2, -0.15) is 5.10 Å². The second kappa shape index (κ2) is 6.39. The van der Waals surface area contributed by atoms with Crippen LogP contribution in [0.5, 0.6) is 0 Å². The van der Waals surface area contributed by atoms with Gasteiger partial charge in [0.05, 0.1) is 11.3 Å². The van der Waals surface area contributed by atoms with Crippen molar-refractivity contribution in [3.8, 4) is 0 Å². The minimum Gasteiger partial charge on any atom is -0.478 e. The summed E-state index contributed by atoms with van der Waals surface area (Å²) >= 11 is 0. The Labute approximate surface area is 123 Å². The quantitative estimate of drug-likeness (QED) is 0.852. The zero-order valence-corrected chi connectivity index (χ0v) is 12.5. The molecule has 0 saturated carbocycles. The molecule has 2 N–H and O–H groups in total. The van der Waals surface area contributed by atoms with Gasteiger partial charge in [-0.3, -0.25) is 4.68 Å². The molecule has 0 atom stereocenters. The van der Waals surface area contributed by atoms with E-state index in [0.717, 1.165) is 17.8 Å². The molecule has 0 saturated heterocycles. The number of aromatic carboxylic acids is 1. The number of aryl methyl sites for hydroxylation is 1. The summed E-state index contributed by atoms with van der Waals surface area (Å²) in [4.78, 5) is 15.6. The van der Waals surface area contributed by atoms with Crippen LogP contribution < -0.4 is 5.32 Å². The highest BCUT2D eigenvalue weighted by Crippen LogP contribution is 2.17. The van der Waals surface area contributed by atoms with Gasteiger partial charge in [-0.1, -0.05) is 13.8 Å². The van der Waals surface area contributed by atoms with E-state index in [2.05, 4.69) is 15.4 Å². The summed E-state index contributed by atoms with van der Waals surface area (Å²) in [7, 11) is 1.88. The SMILES string of the molecule is CC(C)c1cc(C(=O)O)cc(NCCc2ccn(C)n2)n1. The normalized spacial score (nSPS) is 10.9. The molecule has 2 aromatic heterocycles. The number of nitrogens with one attached hydrogen (secondary N) is 1. The lowest BCUT2D eigenvalue weighted by atomic mass is 10.1. The number of anilines is 1. The fourth-order valence-corrected chi connectivity index (χ4v) is 1.98. The first-order valence-corrected chi connectivity index (χ1v) is 6.93. The largest absolute Gasteiger partial charge is 0.478 e. The molecule has 2 heterocycles. The molecular formula is C15H20N4O2. The summed E-state index contributed by atoms with van der Waals surface area (Å²) in [5.74, 6) is -0.165. The highest BCUT2D eigenvalue weighted by Gasteiger charge is 2.10. The van der Waals surface area contributed by atoms with E-state index in [1.54, 1.807) is 16.8 Å². The third-order valence-corrected chi connectivity index (χ3v) is 3.14. The van der Waals surface area contributed by atoms with E-state index < -0.39 is 5.97 Å². The Morgan fingerprint density at radius 3 is 2.76 bits per heavy atom. The Morgan fingerprint density at radius 1 is 1.43 bits per heavy atom. The Hall–Kier alpha value is -2.37. The molecule has 0 spiro atoms. The molecule has 0 bridgehead atoms. The highest BCUT2D eigenvalue weighted by molar-refractivity contribution is 5.88. The van der Waals surface area contributed by atoms with Gasteiger partial charge in [0, 0.05) is 31.9 Å².